The zero-order chi connectivity index (χ0) is 23.8. The Labute approximate surface area is 187 Å². The molecule has 1 fully saturated rings. The second-order valence-corrected chi connectivity index (χ2v) is 8.00. The van der Waals surface area contributed by atoms with Crippen LogP contribution in [0.5, 0.6) is 0 Å². The van der Waals surface area contributed by atoms with E-state index in [0.717, 1.165) is 27.2 Å². The van der Waals surface area contributed by atoms with Gasteiger partial charge in [0, 0.05) is 12.5 Å². The number of carbonyl (C=O) groups excluding carboxylic acids is 2. The van der Waals surface area contributed by atoms with Gasteiger partial charge in [0.15, 0.2) is 6.04 Å². The summed E-state index contributed by atoms with van der Waals surface area (Å²) in [6.07, 6.45) is -5.90. The Morgan fingerprint density at radius 1 is 1.03 bits per heavy atom. The fraction of sp³-hybridized carbons (Fsp3) is 0.348. The summed E-state index contributed by atoms with van der Waals surface area (Å²) >= 11 is 0. The highest BCUT2D eigenvalue weighted by molar-refractivity contribution is 5.85. The highest BCUT2D eigenvalue weighted by Crippen LogP contribution is 2.44. The summed E-state index contributed by atoms with van der Waals surface area (Å²) in [5.74, 6) is -4.01. The summed E-state index contributed by atoms with van der Waals surface area (Å²) in [6, 6.07) is 12.3. The summed E-state index contributed by atoms with van der Waals surface area (Å²) < 4.78 is 43.4. The monoisotopic (exact) mass is 462 g/mol. The minimum absolute atomic E-state index is 0.00791. The lowest BCUT2D eigenvalue weighted by molar-refractivity contribution is -0.175. The van der Waals surface area contributed by atoms with Crippen molar-refractivity contribution < 1.29 is 37.4 Å². The van der Waals surface area contributed by atoms with Crippen molar-refractivity contribution >= 4 is 18.0 Å². The van der Waals surface area contributed by atoms with Crippen molar-refractivity contribution in [1.82, 2.24) is 10.2 Å². The number of piperidine rings is 1. The van der Waals surface area contributed by atoms with Gasteiger partial charge in [-0.3, -0.25) is 9.69 Å². The van der Waals surface area contributed by atoms with Crippen LogP contribution in [-0.2, 0) is 14.3 Å². The first-order valence-corrected chi connectivity index (χ1v) is 10.4. The van der Waals surface area contributed by atoms with E-state index < -0.39 is 36.2 Å². The van der Waals surface area contributed by atoms with Crippen molar-refractivity contribution in [2.45, 2.75) is 37.0 Å². The molecule has 1 saturated heterocycles. The highest BCUT2D eigenvalue weighted by atomic mass is 19.4. The molecule has 0 bridgehead atoms. The molecule has 0 spiro atoms. The van der Waals surface area contributed by atoms with Crippen LogP contribution in [0.1, 0.15) is 29.9 Å². The van der Waals surface area contributed by atoms with Gasteiger partial charge < -0.3 is 15.2 Å². The lowest BCUT2D eigenvalue weighted by atomic mass is 9.96. The van der Waals surface area contributed by atoms with Gasteiger partial charge in [-0.15, -0.1) is 0 Å². The number of amides is 2. The quantitative estimate of drug-likeness (QED) is 0.725. The average Bonchev–Trinajstić information content (AvgIpc) is 3.10. The van der Waals surface area contributed by atoms with Crippen molar-refractivity contribution in [3.05, 3.63) is 59.7 Å². The van der Waals surface area contributed by atoms with Crippen molar-refractivity contribution in [3.63, 3.8) is 0 Å². The van der Waals surface area contributed by atoms with Gasteiger partial charge in [0.05, 0.1) is 6.04 Å². The fourth-order valence-electron chi connectivity index (χ4n) is 4.58. The lowest BCUT2D eigenvalue weighted by Crippen LogP contribution is -2.61. The van der Waals surface area contributed by atoms with Crippen LogP contribution in [0.3, 0.4) is 0 Å². The van der Waals surface area contributed by atoms with Crippen LogP contribution in [0.4, 0.5) is 18.0 Å². The van der Waals surface area contributed by atoms with E-state index in [1.54, 1.807) is 5.32 Å². The SMILES string of the molecule is O=C(O)C1C(NC(=O)C(F)(F)F)CCCN1C(=O)OCC1c2ccccc2-c2ccccc21. The second kappa shape index (κ2) is 8.76. The van der Waals surface area contributed by atoms with Crippen molar-refractivity contribution in [2.75, 3.05) is 13.2 Å². The highest BCUT2D eigenvalue weighted by Gasteiger charge is 2.46. The van der Waals surface area contributed by atoms with Gasteiger partial charge in [0.1, 0.15) is 6.61 Å². The van der Waals surface area contributed by atoms with E-state index in [1.165, 1.54) is 0 Å². The molecule has 1 aliphatic carbocycles. The van der Waals surface area contributed by atoms with E-state index in [9.17, 15) is 32.7 Å². The fourth-order valence-corrected chi connectivity index (χ4v) is 4.58. The summed E-state index contributed by atoms with van der Waals surface area (Å²) in [4.78, 5) is 36.9. The van der Waals surface area contributed by atoms with Crippen molar-refractivity contribution in [3.8, 4) is 11.1 Å². The minimum Gasteiger partial charge on any atom is -0.480 e. The van der Waals surface area contributed by atoms with E-state index in [0.29, 0.717) is 0 Å². The maximum absolute atomic E-state index is 12.8. The molecule has 1 heterocycles. The molecule has 33 heavy (non-hydrogen) atoms. The van der Waals surface area contributed by atoms with E-state index in [1.807, 2.05) is 48.5 Å². The van der Waals surface area contributed by atoms with Gasteiger partial charge in [-0.2, -0.15) is 13.2 Å². The summed E-state index contributed by atoms with van der Waals surface area (Å²) in [6.45, 7) is -0.0681. The van der Waals surface area contributed by atoms with Crippen LogP contribution in [0, 0.1) is 0 Å². The molecule has 2 aromatic carbocycles. The first kappa shape index (κ1) is 22.6. The number of carboxylic acid groups (broad SMARTS) is 1. The minimum atomic E-state index is -5.16. The Morgan fingerprint density at radius 3 is 2.15 bits per heavy atom. The molecule has 2 N–H and O–H groups in total. The number of likely N-dealkylation sites (tertiary alicyclic amines) is 1. The number of hydrogen-bond acceptors (Lipinski definition) is 4. The van der Waals surface area contributed by atoms with E-state index in [4.69, 9.17) is 4.74 Å². The van der Waals surface area contributed by atoms with Crippen LogP contribution in [0.25, 0.3) is 11.1 Å². The molecular formula is C23H21F3N2O5. The number of benzene rings is 2. The molecular weight excluding hydrogens is 441 g/mol. The van der Waals surface area contributed by atoms with Crippen LogP contribution in [0.2, 0.25) is 0 Å². The van der Waals surface area contributed by atoms with Gasteiger partial charge in [0.2, 0.25) is 0 Å². The van der Waals surface area contributed by atoms with Crippen LogP contribution in [0.15, 0.2) is 48.5 Å². The van der Waals surface area contributed by atoms with E-state index in [2.05, 4.69) is 0 Å². The Bertz CT molecular complexity index is 1040. The Morgan fingerprint density at radius 2 is 1.61 bits per heavy atom. The summed E-state index contributed by atoms with van der Waals surface area (Å²) in [5.41, 5.74) is 3.97. The number of carboxylic acids is 1. The molecule has 2 aromatic rings. The van der Waals surface area contributed by atoms with E-state index >= 15 is 0 Å². The van der Waals surface area contributed by atoms with Crippen LogP contribution < -0.4 is 5.32 Å². The average molecular weight is 462 g/mol. The first-order valence-electron chi connectivity index (χ1n) is 10.4. The summed E-state index contributed by atoms with van der Waals surface area (Å²) in [7, 11) is 0. The number of nitrogens with zero attached hydrogens (tertiary/aromatic N) is 1. The number of hydrogen-bond donors (Lipinski definition) is 2. The first-order chi connectivity index (χ1) is 15.7. The molecule has 0 saturated carbocycles. The number of alkyl halides is 3. The number of carbonyl (C=O) groups is 3. The molecule has 0 aromatic heterocycles. The number of rotatable bonds is 4. The summed E-state index contributed by atoms with van der Waals surface area (Å²) in [5, 5.41) is 11.3. The molecule has 2 aliphatic rings. The maximum Gasteiger partial charge on any atom is 0.471 e. The Kier molecular flexibility index (Phi) is 6.01. The standard InChI is InChI=1S/C23H21F3N2O5/c24-23(25,26)21(31)27-18-10-5-11-28(19(18)20(29)30)22(32)33-12-17-15-8-3-1-6-13(15)14-7-2-4-9-16(14)17/h1-4,6-9,17-19H,5,10-12H2,(H,27,31)(H,29,30). The van der Waals surface area contributed by atoms with Crippen LogP contribution in [-0.4, -0.2) is 59.4 Å². The zero-order valence-corrected chi connectivity index (χ0v) is 17.3. The topological polar surface area (TPSA) is 95.9 Å². The van der Waals surface area contributed by atoms with Crippen molar-refractivity contribution in [2.24, 2.45) is 0 Å². The molecule has 4 rings (SSSR count). The van der Waals surface area contributed by atoms with Gasteiger partial charge in [-0.25, -0.2) is 9.59 Å². The number of aliphatic carboxylic acids is 1. The molecule has 2 atom stereocenters. The number of halogens is 3. The molecule has 1 aliphatic heterocycles. The zero-order valence-electron chi connectivity index (χ0n) is 17.3. The van der Waals surface area contributed by atoms with Crippen LogP contribution >= 0.6 is 0 Å². The predicted molar refractivity (Wildman–Crippen MR) is 110 cm³/mol. The molecule has 7 nitrogen and oxygen atoms in total. The van der Waals surface area contributed by atoms with Gasteiger partial charge >= 0.3 is 24.1 Å². The third-order valence-corrected chi connectivity index (χ3v) is 6.03. The second-order valence-electron chi connectivity index (χ2n) is 8.00. The van der Waals surface area contributed by atoms with Gasteiger partial charge in [-0.1, -0.05) is 48.5 Å². The third kappa shape index (κ3) is 4.37. The third-order valence-electron chi connectivity index (χ3n) is 6.03. The van der Waals surface area contributed by atoms with E-state index in [-0.39, 0.29) is 31.9 Å². The number of nitrogens with one attached hydrogen (secondary N) is 1. The molecule has 2 unspecified atom stereocenters. The smallest absolute Gasteiger partial charge is 0.471 e. The molecule has 2 amide bonds. The Balaban J connectivity index is 1.50. The molecule has 0 radical (unpaired) electrons. The Hall–Kier alpha value is -3.56. The van der Waals surface area contributed by atoms with Gasteiger partial charge in [0.25, 0.3) is 0 Å². The molecule has 10 heteroatoms. The number of ether oxygens (including phenoxy) is 1. The maximum atomic E-state index is 12.8. The molecule has 174 valence electrons. The predicted octanol–water partition coefficient (Wildman–Crippen LogP) is 3.53. The largest absolute Gasteiger partial charge is 0.480 e. The number of fused-ring (bicyclic) bond motifs is 3. The van der Waals surface area contributed by atoms with Crippen molar-refractivity contribution in [1.29, 1.82) is 0 Å². The normalized spacial score (nSPS) is 20.0. The van der Waals surface area contributed by atoms with Gasteiger partial charge in [-0.05, 0) is 35.1 Å². The lowest BCUT2D eigenvalue weighted by Gasteiger charge is -2.38.